The Labute approximate surface area is 154 Å². The highest BCUT2D eigenvalue weighted by Crippen LogP contribution is 2.39. The summed E-state index contributed by atoms with van der Waals surface area (Å²) in [7, 11) is -2.15. The van der Waals surface area contributed by atoms with Crippen molar-refractivity contribution in [1.82, 2.24) is 0 Å². The lowest BCUT2D eigenvalue weighted by atomic mass is 9.90. The Kier molecular flexibility index (Phi) is 5.34. The zero-order valence-corrected chi connectivity index (χ0v) is 15.7. The molecule has 3 rings (SSSR count). The lowest BCUT2D eigenvalue weighted by Crippen LogP contribution is -2.35. The van der Waals surface area contributed by atoms with Crippen LogP contribution in [0.15, 0.2) is 65.8 Å². The van der Waals surface area contributed by atoms with Gasteiger partial charge in [-0.1, -0.05) is 49.4 Å². The predicted molar refractivity (Wildman–Crippen MR) is 99.0 cm³/mol. The molecule has 2 aromatic rings. The van der Waals surface area contributed by atoms with Crippen LogP contribution in [0.3, 0.4) is 0 Å². The van der Waals surface area contributed by atoms with Crippen LogP contribution in [0, 0.1) is 0 Å². The molecule has 0 saturated carbocycles. The second-order valence-electron chi connectivity index (χ2n) is 6.21. The van der Waals surface area contributed by atoms with E-state index >= 15 is 0 Å². The van der Waals surface area contributed by atoms with Gasteiger partial charge < -0.3 is 9.47 Å². The summed E-state index contributed by atoms with van der Waals surface area (Å²) in [5, 5.41) is 1.10. The lowest BCUT2D eigenvalue weighted by molar-refractivity contribution is 0.0407. The van der Waals surface area contributed by atoms with E-state index in [0.29, 0.717) is 18.6 Å². The molecular formula is C20H22O5S. The van der Waals surface area contributed by atoms with Crippen LogP contribution >= 0.6 is 0 Å². The van der Waals surface area contributed by atoms with Gasteiger partial charge >= 0.3 is 0 Å². The molecule has 0 aromatic heterocycles. The monoisotopic (exact) mass is 374 g/mol. The van der Waals surface area contributed by atoms with Crippen molar-refractivity contribution in [2.45, 2.75) is 32.0 Å². The van der Waals surface area contributed by atoms with Crippen molar-refractivity contribution >= 4 is 10.1 Å². The SMILES string of the molecule is CCC1(Cc2ccccc2)OS(=O)(=O)C=C1OCc1ccc(OC)cc1. The molecule has 0 spiro atoms. The maximum atomic E-state index is 12.1. The predicted octanol–water partition coefficient (Wildman–Crippen LogP) is 3.80. The van der Waals surface area contributed by atoms with Crippen molar-refractivity contribution in [3.8, 4) is 5.75 Å². The Morgan fingerprint density at radius 1 is 1.00 bits per heavy atom. The quantitative estimate of drug-likeness (QED) is 0.690. The van der Waals surface area contributed by atoms with Crippen LogP contribution in [-0.4, -0.2) is 21.1 Å². The number of ether oxygens (including phenoxy) is 2. The van der Waals surface area contributed by atoms with Gasteiger partial charge in [0, 0.05) is 6.42 Å². The molecule has 2 aromatic carbocycles. The first kappa shape index (κ1) is 18.5. The Morgan fingerprint density at radius 3 is 2.31 bits per heavy atom. The average Bonchev–Trinajstić information content (AvgIpc) is 2.91. The van der Waals surface area contributed by atoms with E-state index in [1.165, 1.54) is 0 Å². The maximum absolute atomic E-state index is 12.1. The average molecular weight is 374 g/mol. The fraction of sp³-hybridized carbons (Fsp3) is 0.300. The topological polar surface area (TPSA) is 61.8 Å². The van der Waals surface area contributed by atoms with E-state index in [4.69, 9.17) is 13.7 Å². The molecule has 0 N–H and O–H groups in total. The summed E-state index contributed by atoms with van der Waals surface area (Å²) in [5.74, 6) is 1.10. The van der Waals surface area contributed by atoms with Gasteiger partial charge in [-0.15, -0.1) is 0 Å². The van der Waals surface area contributed by atoms with Crippen LogP contribution in [0.4, 0.5) is 0 Å². The van der Waals surface area contributed by atoms with Gasteiger partial charge in [0.15, 0.2) is 0 Å². The highest BCUT2D eigenvalue weighted by Gasteiger charge is 2.46. The van der Waals surface area contributed by atoms with Crippen molar-refractivity contribution in [3.63, 3.8) is 0 Å². The van der Waals surface area contributed by atoms with Gasteiger partial charge in [0.2, 0.25) is 0 Å². The molecule has 1 unspecified atom stereocenters. The van der Waals surface area contributed by atoms with Crippen molar-refractivity contribution in [3.05, 3.63) is 76.9 Å². The van der Waals surface area contributed by atoms with Crippen LogP contribution in [-0.2, 0) is 32.1 Å². The minimum atomic E-state index is -3.76. The number of benzene rings is 2. The third kappa shape index (κ3) is 4.08. The minimum absolute atomic E-state index is 0.255. The van der Waals surface area contributed by atoms with Crippen LogP contribution in [0.1, 0.15) is 24.5 Å². The molecule has 0 aliphatic carbocycles. The maximum Gasteiger partial charge on any atom is 0.294 e. The van der Waals surface area contributed by atoms with E-state index in [-0.39, 0.29) is 6.61 Å². The smallest absolute Gasteiger partial charge is 0.294 e. The summed E-state index contributed by atoms with van der Waals surface area (Å²) < 4.78 is 40.7. The van der Waals surface area contributed by atoms with Gasteiger partial charge in [-0.3, -0.25) is 4.18 Å². The molecule has 0 amide bonds. The second-order valence-corrected chi connectivity index (χ2v) is 7.59. The number of methoxy groups -OCH3 is 1. The van der Waals surface area contributed by atoms with E-state index in [1.807, 2.05) is 61.5 Å². The van der Waals surface area contributed by atoms with Gasteiger partial charge in [0.25, 0.3) is 10.1 Å². The van der Waals surface area contributed by atoms with E-state index in [1.54, 1.807) is 7.11 Å². The Bertz CT molecular complexity index is 872. The second kappa shape index (κ2) is 7.51. The van der Waals surface area contributed by atoms with E-state index in [0.717, 1.165) is 22.3 Å². The molecule has 26 heavy (non-hydrogen) atoms. The van der Waals surface area contributed by atoms with Crippen molar-refractivity contribution < 1.29 is 22.1 Å². The van der Waals surface area contributed by atoms with Gasteiger partial charge in [0.1, 0.15) is 23.7 Å². The molecule has 1 aliphatic heterocycles. The summed E-state index contributed by atoms with van der Waals surface area (Å²) >= 11 is 0. The largest absolute Gasteiger partial charge is 0.497 e. The van der Waals surface area contributed by atoms with E-state index in [9.17, 15) is 8.42 Å². The first-order valence-corrected chi connectivity index (χ1v) is 9.91. The molecule has 0 fully saturated rings. The van der Waals surface area contributed by atoms with Crippen LogP contribution in [0.5, 0.6) is 5.75 Å². The van der Waals surface area contributed by atoms with E-state index < -0.39 is 15.7 Å². The van der Waals surface area contributed by atoms with Crippen molar-refractivity contribution in [2.24, 2.45) is 0 Å². The molecule has 0 radical (unpaired) electrons. The number of rotatable bonds is 7. The van der Waals surface area contributed by atoms with Crippen LogP contribution < -0.4 is 4.74 Å². The standard InChI is InChI=1S/C20H22O5S/c1-3-20(13-16-7-5-4-6-8-16)19(15-26(21,22)25-20)24-14-17-9-11-18(23-2)12-10-17/h4-12,15H,3,13-14H2,1-2H3. The van der Waals surface area contributed by atoms with E-state index in [2.05, 4.69) is 0 Å². The van der Waals surface area contributed by atoms with Gasteiger partial charge in [-0.2, -0.15) is 8.42 Å². The summed E-state index contributed by atoms with van der Waals surface area (Å²) in [5.41, 5.74) is 0.901. The molecule has 1 heterocycles. The molecule has 0 bridgehead atoms. The molecule has 6 heteroatoms. The molecule has 138 valence electrons. The summed E-state index contributed by atoms with van der Waals surface area (Å²) in [4.78, 5) is 0. The molecule has 0 saturated heterocycles. The summed E-state index contributed by atoms with van der Waals surface area (Å²) in [6.45, 7) is 2.15. The zero-order valence-electron chi connectivity index (χ0n) is 14.8. The number of hydrogen-bond donors (Lipinski definition) is 0. The fourth-order valence-corrected chi connectivity index (χ4v) is 4.27. The molecule has 1 atom stereocenters. The molecule has 5 nitrogen and oxygen atoms in total. The molecule has 1 aliphatic rings. The van der Waals surface area contributed by atoms with Crippen molar-refractivity contribution in [1.29, 1.82) is 0 Å². The van der Waals surface area contributed by atoms with Gasteiger partial charge in [0.05, 0.1) is 12.5 Å². The fourth-order valence-electron chi connectivity index (χ4n) is 2.97. The Balaban J connectivity index is 1.81. The van der Waals surface area contributed by atoms with Crippen molar-refractivity contribution in [2.75, 3.05) is 7.11 Å². The van der Waals surface area contributed by atoms with Crippen LogP contribution in [0.2, 0.25) is 0 Å². The summed E-state index contributed by atoms with van der Waals surface area (Å²) in [6, 6.07) is 17.1. The Hall–Kier alpha value is -2.31. The first-order valence-electron chi connectivity index (χ1n) is 8.44. The Morgan fingerprint density at radius 2 is 1.69 bits per heavy atom. The first-order chi connectivity index (χ1) is 12.5. The van der Waals surface area contributed by atoms with Crippen LogP contribution in [0.25, 0.3) is 0 Å². The number of hydrogen-bond acceptors (Lipinski definition) is 5. The third-order valence-electron chi connectivity index (χ3n) is 4.43. The van der Waals surface area contributed by atoms with Gasteiger partial charge in [-0.05, 0) is 29.7 Å². The highest BCUT2D eigenvalue weighted by molar-refractivity contribution is 7.90. The normalized spacial score (nSPS) is 21.2. The summed E-state index contributed by atoms with van der Waals surface area (Å²) in [6.07, 6.45) is 0.910. The minimum Gasteiger partial charge on any atom is -0.497 e. The highest BCUT2D eigenvalue weighted by atomic mass is 32.2. The van der Waals surface area contributed by atoms with Gasteiger partial charge in [-0.25, -0.2) is 0 Å². The lowest BCUT2D eigenvalue weighted by Gasteiger charge is -2.28. The third-order valence-corrected chi connectivity index (χ3v) is 5.49. The molecular weight excluding hydrogens is 352 g/mol. The zero-order chi connectivity index (χ0) is 18.6.